The highest BCUT2D eigenvalue weighted by atomic mass is 15.1. The standard InChI is InChI=1S/C9H7N5/c1-14-8-6(4-10-5-13-8)7-9(14)12-3-2-11-7/h2-5H,1H3. The fraction of sp³-hybridized carbons (Fsp3) is 0.111. The molecule has 14 heavy (non-hydrogen) atoms. The molecule has 0 atom stereocenters. The third-order valence-electron chi connectivity index (χ3n) is 2.26. The van der Waals surface area contributed by atoms with Crippen LogP contribution in [-0.4, -0.2) is 24.5 Å². The lowest BCUT2D eigenvalue weighted by Gasteiger charge is -1.92. The van der Waals surface area contributed by atoms with Crippen molar-refractivity contribution >= 4 is 22.2 Å². The minimum absolute atomic E-state index is 0.836. The van der Waals surface area contributed by atoms with Crippen LogP contribution in [0.4, 0.5) is 0 Å². The van der Waals surface area contributed by atoms with Gasteiger partial charge in [0.05, 0.1) is 5.39 Å². The maximum Gasteiger partial charge on any atom is 0.160 e. The van der Waals surface area contributed by atoms with Gasteiger partial charge in [0.25, 0.3) is 0 Å². The quantitative estimate of drug-likeness (QED) is 0.522. The molecule has 3 heterocycles. The zero-order valence-corrected chi connectivity index (χ0v) is 7.55. The summed E-state index contributed by atoms with van der Waals surface area (Å²) in [6.07, 6.45) is 6.64. The van der Waals surface area contributed by atoms with Crippen molar-refractivity contribution in [2.45, 2.75) is 0 Å². The molecule has 3 rings (SSSR count). The number of fused-ring (bicyclic) bond motifs is 3. The number of hydrogen-bond acceptors (Lipinski definition) is 4. The molecule has 0 amide bonds. The van der Waals surface area contributed by atoms with E-state index in [0.29, 0.717) is 0 Å². The Morgan fingerprint density at radius 2 is 1.93 bits per heavy atom. The first-order valence-corrected chi connectivity index (χ1v) is 4.23. The SMILES string of the molecule is Cn1c2ncncc2c2nccnc21. The predicted octanol–water partition coefficient (Wildman–Crippen LogP) is 0.911. The highest BCUT2D eigenvalue weighted by molar-refractivity contribution is 6.01. The van der Waals surface area contributed by atoms with Crippen LogP contribution in [0.15, 0.2) is 24.9 Å². The Labute approximate surface area is 79.5 Å². The van der Waals surface area contributed by atoms with E-state index in [1.807, 2.05) is 11.6 Å². The Hall–Kier alpha value is -2.04. The third kappa shape index (κ3) is 0.783. The van der Waals surface area contributed by atoms with Gasteiger partial charge in [-0.2, -0.15) is 0 Å². The van der Waals surface area contributed by atoms with E-state index < -0.39 is 0 Å². The lowest BCUT2D eigenvalue weighted by molar-refractivity contribution is 0.960. The second-order valence-corrected chi connectivity index (χ2v) is 3.05. The van der Waals surface area contributed by atoms with Gasteiger partial charge >= 0.3 is 0 Å². The van der Waals surface area contributed by atoms with Crippen LogP contribution in [0.5, 0.6) is 0 Å². The molecule has 0 unspecified atom stereocenters. The summed E-state index contributed by atoms with van der Waals surface area (Å²) in [4.78, 5) is 16.7. The Morgan fingerprint density at radius 3 is 2.86 bits per heavy atom. The minimum atomic E-state index is 0.836. The Morgan fingerprint density at radius 1 is 1.07 bits per heavy atom. The maximum atomic E-state index is 4.27. The van der Waals surface area contributed by atoms with Crippen molar-refractivity contribution < 1.29 is 0 Å². The Kier molecular flexibility index (Phi) is 1.30. The smallest absolute Gasteiger partial charge is 0.160 e. The Balaban J connectivity index is 2.69. The lowest BCUT2D eigenvalue weighted by atomic mass is 10.4. The molecule has 0 bridgehead atoms. The molecule has 0 aliphatic carbocycles. The van der Waals surface area contributed by atoms with Gasteiger partial charge in [-0.25, -0.2) is 15.0 Å². The van der Waals surface area contributed by atoms with Crippen molar-refractivity contribution in [3.63, 3.8) is 0 Å². The molecule has 0 spiro atoms. The zero-order chi connectivity index (χ0) is 9.54. The maximum absolute atomic E-state index is 4.27. The molecular weight excluding hydrogens is 178 g/mol. The first-order valence-electron chi connectivity index (χ1n) is 4.23. The molecule has 0 saturated carbocycles. The summed E-state index contributed by atoms with van der Waals surface area (Å²) in [6.45, 7) is 0. The van der Waals surface area contributed by atoms with Gasteiger partial charge in [0.2, 0.25) is 0 Å². The van der Waals surface area contributed by atoms with E-state index in [1.165, 1.54) is 6.33 Å². The largest absolute Gasteiger partial charge is 0.312 e. The number of hydrogen-bond donors (Lipinski definition) is 0. The van der Waals surface area contributed by atoms with Crippen LogP contribution < -0.4 is 0 Å². The molecule has 5 heteroatoms. The average molecular weight is 185 g/mol. The molecule has 0 aliphatic rings. The molecule has 5 nitrogen and oxygen atoms in total. The molecule has 3 aromatic rings. The number of rotatable bonds is 0. The van der Waals surface area contributed by atoms with E-state index >= 15 is 0 Å². The van der Waals surface area contributed by atoms with Gasteiger partial charge in [0.15, 0.2) is 5.65 Å². The fourth-order valence-electron chi connectivity index (χ4n) is 1.62. The monoisotopic (exact) mass is 185 g/mol. The first kappa shape index (κ1) is 7.37. The van der Waals surface area contributed by atoms with Gasteiger partial charge in [0, 0.05) is 25.6 Å². The third-order valence-corrected chi connectivity index (χ3v) is 2.26. The van der Waals surface area contributed by atoms with Gasteiger partial charge in [-0.15, -0.1) is 0 Å². The Bertz CT molecular complexity index is 559. The van der Waals surface area contributed by atoms with Crippen molar-refractivity contribution in [1.29, 1.82) is 0 Å². The lowest BCUT2D eigenvalue weighted by Crippen LogP contribution is -1.91. The van der Waals surface area contributed by atoms with Gasteiger partial charge in [-0.3, -0.25) is 4.98 Å². The van der Waals surface area contributed by atoms with E-state index in [9.17, 15) is 0 Å². The number of nitrogens with zero attached hydrogens (tertiary/aromatic N) is 5. The predicted molar refractivity (Wildman–Crippen MR) is 51.6 cm³/mol. The van der Waals surface area contributed by atoms with Crippen molar-refractivity contribution in [2.24, 2.45) is 7.05 Å². The first-order chi connectivity index (χ1) is 6.88. The topological polar surface area (TPSA) is 56.5 Å². The number of aromatic nitrogens is 5. The second-order valence-electron chi connectivity index (χ2n) is 3.05. The average Bonchev–Trinajstić information content (AvgIpc) is 2.55. The van der Waals surface area contributed by atoms with Crippen molar-refractivity contribution in [3.8, 4) is 0 Å². The van der Waals surface area contributed by atoms with E-state index in [0.717, 1.165) is 22.2 Å². The van der Waals surface area contributed by atoms with E-state index in [-0.39, 0.29) is 0 Å². The molecular formula is C9H7N5. The van der Waals surface area contributed by atoms with Crippen molar-refractivity contribution in [3.05, 3.63) is 24.9 Å². The summed E-state index contributed by atoms with van der Waals surface area (Å²) in [6, 6.07) is 0. The fourth-order valence-corrected chi connectivity index (χ4v) is 1.62. The van der Waals surface area contributed by atoms with Crippen LogP contribution in [0.2, 0.25) is 0 Å². The van der Waals surface area contributed by atoms with Crippen LogP contribution in [0.3, 0.4) is 0 Å². The van der Waals surface area contributed by atoms with Crippen molar-refractivity contribution in [1.82, 2.24) is 24.5 Å². The van der Waals surface area contributed by atoms with Crippen LogP contribution in [0, 0.1) is 0 Å². The molecule has 3 aromatic heterocycles. The summed E-state index contributed by atoms with van der Waals surface area (Å²) in [7, 11) is 1.92. The summed E-state index contributed by atoms with van der Waals surface area (Å²) in [5.74, 6) is 0. The summed E-state index contributed by atoms with van der Waals surface area (Å²) >= 11 is 0. The van der Waals surface area contributed by atoms with Crippen molar-refractivity contribution in [2.75, 3.05) is 0 Å². The zero-order valence-electron chi connectivity index (χ0n) is 7.55. The summed E-state index contributed by atoms with van der Waals surface area (Å²) in [5.41, 5.74) is 2.55. The van der Waals surface area contributed by atoms with Crippen LogP contribution in [0.25, 0.3) is 22.2 Å². The van der Waals surface area contributed by atoms with Crippen LogP contribution in [0.1, 0.15) is 0 Å². The van der Waals surface area contributed by atoms with Gasteiger partial charge < -0.3 is 4.57 Å². The molecule has 68 valence electrons. The number of aryl methyl sites for hydroxylation is 1. The van der Waals surface area contributed by atoms with Gasteiger partial charge in [0.1, 0.15) is 17.5 Å². The van der Waals surface area contributed by atoms with Gasteiger partial charge in [-0.05, 0) is 0 Å². The highest BCUT2D eigenvalue weighted by Gasteiger charge is 2.09. The molecule has 0 fully saturated rings. The van der Waals surface area contributed by atoms with E-state index in [4.69, 9.17) is 0 Å². The molecule has 0 aliphatic heterocycles. The summed E-state index contributed by atoms with van der Waals surface area (Å²) in [5, 5.41) is 0.943. The van der Waals surface area contributed by atoms with Crippen LogP contribution >= 0.6 is 0 Å². The van der Waals surface area contributed by atoms with Crippen LogP contribution in [-0.2, 0) is 7.05 Å². The van der Waals surface area contributed by atoms with Gasteiger partial charge in [-0.1, -0.05) is 0 Å². The highest BCUT2D eigenvalue weighted by Crippen LogP contribution is 2.21. The van der Waals surface area contributed by atoms with E-state index in [2.05, 4.69) is 19.9 Å². The minimum Gasteiger partial charge on any atom is -0.312 e. The summed E-state index contributed by atoms with van der Waals surface area (Å²) < 4.78 is 1.92. The molecule has 0 aromatic carbocycles. The van der Waals surface area contributed by atoms with E-state index in [1.54, 1.807) is 18.6 Å². The molecule has 0 radical (unpaired) electrons. The second kappa shape index (κ2) is 2.47. The molecule has 0 N–H and O–H groups in total. The molecule has 0 saturated heterocycles. The normalized spacial score (nSPS) is 11.2.